The van der Waals surface area contributed by atoms with Crippen LogP contribution in [0.1, 0.15) is 42.0 Å². The van der Waals surface area contributed by atoms with Crippen molar-refractivity contribution in [1.82, 2.24) is 5.32 Å². The molecule has 0 radical (unpaired) electrons. The Hall–Kier alpha value is -3.71. The number of ether oxygens (including phenoxy) is 1. The molecule has 178 valence electrons. The summed E-state index contributed by atoms with van der Waals surface area (Å²) in [4.78, 5) is 28.4. The number of carbonyl (C=O) groups excluding carboxylic acids is 2. The van der Waals surface area contributed by atoms with Crippen LogP contribution in [0.3, 0.4) is 0 Å². The van der Waals surface area contributed by atoms with Gasteiger partial charge < -0.3 is 15.4 Å². The van der Waals surface area contributed by atoms with E-state index in [4.69, 9.17) is 4.74 Å². The SMILES string of the molecule is COc1cccc(C2C(C(=O)Nc3cccc(F)c3)=C(C)NC3=C2C(=O)CC(c2cccs2)C3)c1. The van der Waals surface area contributed by atoms with Crippen LogP contribution in [-0.2, 0) is 9.59 Å². The smallest absolute Gasteiger partial charge is 0.254 e. The number of ketones is 1. The summed E-state index contributed by atoms with van der Waals surface area (Å²) in [5.41, 5.74) is 3.72. The molecule has 2 heterocycles. The molecule has 2 N–H and O–H groups in total. The van der Waals surface area contributed by atoms with Gasteiger partial charge in [0.25, 0.3) is 5.91 Å². The van der Waals surface area contributed by atoms with E-state index in [0.717, 1.165) is 11.3 Å². The Morgan fingerprint density at radius 2 is 1.94 bits per heavy atom. The van der Waals surface area contributed by atoms with Crippen molar-refractivity contribution in [3.05, 3.63) is 105 Å². The van der Waals surface area contributed by atoms with E-state index in [2.05, 4.69) is 16.7 Å². The molecular formula is C28H25FN2O3S. The molecule has 0 fully saturated rings. The number of anilines is 1. The first-order valence-corrected chi connectivity index (χ1v) is 12.3. The molecule has 1 aliphatic heterocycles. The highest BCUT2D eigenvalue weighted by Crippen LogP contribution is 2.46. The lowest BCUT2D eigenvalue weighted by Gasteiger charge is -2.36. The normalized spacial score (nSPS) is 19.8. The molecule has 2 aromatic carbocycles. The number of nitrogens with one attached hydrogen (secondary N) is 2. The molecule has 1 aromatic heterocycles. The standard InChI is InChI=1S/C28H25FN2O3S/c1-16-25(28(33)31-20-8-4-7-19(29)15-20)26(17-6-3-9-21(12-17)34-2)27-22(30-16)13-18(14-23(27)32)24-10-5-11-35-24/h3-12,15,18,26,30H,13-14H2,1-2H3,(H,31,33). The van der Waals surface area contributed by atoms with E-state index in [1.807, 2.05) is 42.6 Å². The fourth-order valence-corrected chi connectivity index (χ4v) is 5.81. The van der Waals surface area contributed by atoms with Crippen molar-refractivity contribution < 1.29 is 18.7 Å². The first-order chi connectivity index (χ1) is 16.9. The summed E-state index contributed by atoms with van der Waals surface area (Å²) in [6, 6.07) is 17.3. The molecule has 35 heavy (non-hydrogen) atoms. The van der Waals surface area contributed by atoms with Gasteiger partial charge in [0.2, 0.25) is 0 Å². The summed E-state index contributed by atoms with van der Waals surface area (Å²) in [5, 5.41) is 8.21. The van der Waals surface area contributed by atoms with Crippen molar-refractivity contribution in [2.75, 3.05) is 12.4 Å². The number of allylic oxidation sites excluding steroid dienone is 3. The topological polar surface area (TPSA) is 67.4 Å². The Balaban J connectivity index is 1.58. The number of dihydropyridines is 1. The van der Waals surface area contributed by atoms with Crippen LogP contribution in [-0.4, -0.2) is 18.8 Å². The largest absolute Gasteiger partial charge is 0.497 e. The number of hydrogen-bond acceptors (Lipinski definition) is 5. The van der Waals surface area contributed by atoms with Gasteiger partial charge in [0, 0.05) is 51.4 Å². The Labute approximate surface area is 207 Å². The Morgan fingerprint density at radius 3 is 2.69 bits per heavy atom. The summed E-state index contributed by atoms with van der Waals surface area (Å²) < 4.78 is 19.2. The van der Waals surface area contributed by atoms with Gasteiger partial charge in [-0.2, -0.15) is 0 Å². The number of halogens is 1. The number of methoxy groups -OCH3 is 1. The lowest BCUT2D eigenvalue weighted by atomic mass is 9.72. The zero-order valence-electron chi connectivity index (χ0n) is 19.4. The Morgan fingerprint density at radius 1 is 1.11 bits per heavy atom. The van der Waals surface area contributed by atoms with Gasteiger partial charge in [-0.25, -0.2) is 4.39 Å². The van der Waals surface area contributed by atoms with Gasteiger partial charge in [-0.3, -0.25) is 9.59 Å². The number of amides is 1. The van der Waals surface area contributed by atoms with Crippen LogP contribution in [0.4, 0.5) is 10.1 Å². The number of benzene rings is 2. The second kappa shape index (κ2) is 9.50. The molecule has 2 atom stereocenters. The van der Waals surface area contributed by atoms with E-state index < -0.39 is 11.7 Å². The highest BCUT2D eigenvalue weighted by molar-refractivity contribution is 7.10. The zero-order valence-corrected chi connectivity index (χ0v) is 20.2. The van der Waals surface area contributed by atoms with E-state index in [0.29, 0.717) is 41.1 Å². The van der Waals surface area contributed by atoms with Crippen molar-refractivity contribution in [1.29, 1.82) is 0 Å². The monoisotopic (exact) mass is 488 g/mol. The summed E-state index contributed by atoms with van der Waals surface area (Å²) >= 11 is 1.66. The van der Waals surface area contributed by atoms with Crippen LogP contribution in [0.5, 0.6) is 5.75 Å². The van der Waals surface area contributed by atoms with Crippen molar-refractivity contribution in [3.63, 3.8) is 0 Å². The molecule has 2 aliphatic rings. The summed E-state index contributed by atoms with van der Waals surface area (Å²) in [7, 11) is 1.59. The highest BCUT2D eigenvalue weighted by atomic mass is 32.1. The first kappa shape index (κ1) is 23.1. The molecular weight excluding hydrogens is 463 g/mol. The number of Topliss-reactive ketones (excluding diaryl/α,β-unsaturated/α-hetero) is 1. The van der Waals surface area contributed by atoms with E-state index in [1.54, 1.807) is 30.6 Å². The Bertz CT molecular complexity index is 1360. The van der Waals surface area contributed by atoms with Crippen LogP contribution < -0.4 is 15.4 Å². The van der Waals surface area contributed by atoms with Crippen LogP contribution in [0.15, 0.2) is 88.6 Å². The first-order valence-electron chi connectivity index (χ1n) is 11.4. The van der Waals surface area contributed by atoms with Crippen LogP contribution in [0.2, 0.25) is 0 Å². The van der Waals surface area contributed by atoms with Crippen LogP contribution >= 0.6 is 11.3 Å². The molecule has 1 amide bonds. The molecule has 2 unspecified atom stereocenters. The lowest BCUT2D eigenvalue weighted by Crippen LogP contribution is -2.37. The van der Waals surface area contributed by atoms with E-state index in [1.165, 1.54) is 17.0 Å². The van der Waals surface area contributed by atoms with Crippen molar-refractivity contribution in [2.45, 2.75) is 31.6 Å². The maximum Gasteiger partial charge on any atom is 0.254 e. The van der Waals surface area contributed by atoms with E-state index in [-0.39, 0.29) is 17.6 Å². The summed E-state index contributed by atoms with van der Waals surface area (Å²) in [5.74, 6) is -0.610. The van der Waals surface area contributed by atoms with Crippen LogP contribution in [0.25, 0.3) is 0 Å². The molecule has 0 saturated heterocycles. The highest BCUT2D eigenvalue weighted by Gasteiger charge is 2.41. The van der Waals surface area contributed by atoms with Gasteiger partial charge in [0.05, 0.1) is 7.11 Å². The third kappa shape index (κ3) is 4.51. The minimum Gasteiger partial charge on any atom is -0.497 e. The lowest BCUT2D eigenvalue weighted by molar-refractivity contribution is -0.116. The van der Waals surface area contributed by atoms with E-state index >= 15 is 0 Å². The maximum absolute atomic E-state index is 13.7. The Kier molecular flexibility index (Phi) is 6.26. The molecule has 0 saturated carbocycles. The molecule has 5 nitrogen and oxygen atoms in total. The average molecular weight is 489 g/mol. The molecule has 0 spiro atoms. The minimum atomic E-state index is -0.563. The van der Waals surface area contributed by atoms with Crippen molar-refractivity contribution in [2.24, 2.45) is 0 Å². The quantitative estimate of drug-likeness (QED) is 0.470. The fraction of sp³-hybridized carbons (Fsp3) is 0.214. The summed E-state index contributed by atoms with van der Waals surface area (Å²) in [6.45, 7) is 1.84. The van der Waals surface area contributed by atoms with Crippen LogP contribution in [0, 0.1) is 5.82 Å². The number of hydrogen-bond donors (Lipinski definition) is 2. The second-order valence-corrected chi connectivity index (χ2v) is 9.75. The number of thiophene rings is 1. The van der Waals surface area contributed by atoms with E-state index in [9.17, 15) is 14.0 Å². The predicted molar refractivity (Wildman–Crippen MR) is 135 cm³/mol. The van der Waals surface area contributed by atoms with Gasteiger partial charge in [0.15, 0.2) is 5.78 Å². The minimum absolute atomic E-state index is 0.0218. The fourth-order valence-electron chi connectivity index (χ4n) is 4.98. The average Bonchev–Trinajstić information content (AvgIpc) is 3.38. The molecule has 3 aromatic rings. The molecule has 1 aliphatic carbocycles. The predicted octanol–water partition coefficient (Wildman–Crippen LogP) is 5.90. The zero-order chi connectivity index (χ0) is 24.5. The second-order valence-electron chi connectivity index (χ2n) is 8.77. The van der Waals surface area contributed by atoms with Gasteiger partial charge in [0.1, 0.15) is 11.6 Å². The molecule has 5 rings (SSSR count). The third-order valence-electron chi connectivity index (χ3n) is 6.53. The maximum atomic E-state index is 13.7. The van der Waals surface area contributed by atoms with Crippen molar-refractivity contribution >= 4 is 28.7 Å². The number of rotatable bonds is 5. The molecule has 7 heteroatoms. The van der Waals surface area contributed by atoms with Gasteiger partial charge in [-0.15, -0.1) is 11.3 Å². The van der Waals surface area contributed by atoms with Gasteiger partial charge in [-0.1, -0.05) is 24.3 Å². The van der Waals surface area contributed by atoms with Crippen molar-refractivity contribution in [3.8, 4) is 5.75 Å². The summed E-state index contributed by atoms with van der Waals surface area (Å²) in [6.07, 6.45) is 1.08. The third-order valence-corrected chi connectivity index (χ3v) is 7.56. The number of carbonyl (C=O) groups is 2. The van der Waals surface area contributed by atoms with Gasteiger partial charge >= 0.3 is 0 Å². The molecule has 0 bridgehead atoms. The van der Waals surface area contributed by atoms with Gasteiger partial charge in [-0.05, 0) is 60.7 Å².